The average molecular weight is 518 g/mol. The molecule has 1 heterocycles. The summed E-state index contributed by atoms with van der Waals surface area (Å²) in [6, 6.07) is 19.4. The molecular weight excluding hydrogens is 491 g/mol. The first-order valence-electron chi connectivity index (χ1n) is 9.68. The minimum Gasteiger partial charge on any atom is -0.490 e. The van der Waals surface area contributed by atoms with Gasteiger partial charge < -0.3 is 20.5 Å². The molecule has 0 aliphatic heterocycles. The molecule has 0 aliphatic carbocycles. The lowest BCUT2D eigenvalue weighted by Gasteiger charge is -2.10. The number of aryl methyl sites for hydroxylation is 1. The van der Waals surface area contributed by atoms with Crippen molar-refractivity contribution in [1.82, 2.24) is 4.98 Å². The van der Waals surface area contributed by atoms with Crippen LogP contribution in [0, 0.1) is 0 Å². The van der Waals surface area contributed by atoms with Crippen LogP contribution >= 0.6 is 24.0 Å². The normalized spacial score (nSPS) is 10.8. The lowest BCUT2D eigenvalue weighted by molar-refractivity contribution is 0.319. The number of ether oxygens (including phenoxy) is 2. The van der Waals surface area contributed by atoms with Gasteiger partial charge >= 0.3 is 0 Å². The van der Waals surface area contributed by atoms with Gasteiger partial charge in [0.1, 0.15) is 0 Å². The van der Waals surface area contributed by atoms with Gasteiger partial charge in [-0.25, -0.2) is 9.98 Å². The molecule has 0 atom stereocenters. The van der Waals surface area contributed by atoms with Crippen LogP contribution in [-0.4, -0.2) is 17.6 Å². The molecule has 0 spiro atoms. The summed E-state index contributed by atoms with van der Waals surface area (Å²) in [5, 5.41) is 3.09. The van der Waals surface area contributed by atoms with Gasteiger partial charge in [0.25, 0.3) is 0 Å². The second-order valence-corrected chi connectivity index (χ2v) is 6.36. The van der Waals surface area contributed by atoms with E-state index in [4.69, 9.17) is 15.2 Å². The Balaban J connectivity index is 0.00000320. The van der Waals surface area contributed by atoms with Crippen molar-refractivity contribution in [2.24, 2.45) is 10.7 Å². The molecule has 1 aromatic heterocycles. The van der Waals surface area contributed by atoms with Gasteiger partial charge in [0, 0.05) is 18.0 Å². The molecule has 0 saturated carbocycles. The summed E-state index contributed by atoms with van der Waals surface area (Å²) >= 11 is 0. The average Bonchev–Trinajstić information content (AvgIpc) is 2.75. The number of hydrogen-bond donors (Lipinski definition) is 2. The van der Waals surface area contributed by atoms with Crippen molar-refractivity contribution in [1.29, 1.82) is 0 Å². The fourth-order valence-electron chi connectivity index (χ4n) is 2.67. The summed E-state index contributed by atoms with van der Waals surface area (Å²) < 4.78 is 11.4. The third-order valence-electron chi connectivity index (χ3n) is 4.23. The predicted octanol–water partition coefficient (Wildman–Crippen LogP) is 5.38. The summed E-state index contributed by atoms with van der Waals surface area (Å²) in [7, 11) is 0. The SMILES string of the molecule is CCOc1ccccc1Oc1ccc(CN=C(N)Nc2ccc(CC)cc2)cn1.I. The van der Waals surface area contributed by atoms with E-state index in [2.05, 4.69) is 34.3 Å². The van der Waals surface area contributed by atoms with E-state index in [9.17, 15) is 0 Å². The number of hydrogen-bond acceptors (Lipinski definition) is 4. The summed E-state index contributed by atoms with van der Waals surface area (Å²) in [4.78, 5) is 8.71. The predicted molar refractivity (Wildman–Crippen MR) is 132 cm³/mol. The lowest BCUT2D eigenvalue weighted by Crippen LogP contribution is -2.22. The Labute approximate surface area is 194 Å². The summed E-state index contributed by atoms with van der Waals surface area (Å²) in [5.41, 5.74) is 9.11. The first-order chi connectivity index (χ1) is 14.2. The highest BCUT2D eigenvalue weighted by atomic mass is 127. The number of halogens is 1. The van der Waals surface area contributed by atoms with E-state index in [1.807, 2.05) is 49.4 Å². The molecule has 30 heavy (non-hydrogen) atoms. The number of nitrogens with zero attached hydrogens (tertiary/aromatic N) is 2. The smallest absolute Gasteiger partial charge is 0.219 e. The van der Waals surface area contributed by atoms with E-state index in [1.165, 1.54) is 5.56 Å². The fraction of sp³-hybridized carbons (Fsp3) is 0.217. The zero-order chi connectivity index (χ0) is 20.5. The molecular formula is C23H27IN4O2. The number of benzene rings is 2. The van der Waals surface area contributed by atoms with Crippen LogP contribution in [0.4, 0.5) is 5.69 Å². The van der Waals surface area contributed by atoms with E-state index >= 15 is 0 Å². The maximum absolute atomic E-state index is 5.98. The van der Waals surface area contributed by atoms with Gasteiger partial charge in [0.05, 0.1) is 13.2 Å². The van der Waals surface area contributed by atoms with Crippen LogP contribution in [0.2, 0.25) is 0 Å². The fourth-order valence-corrected chi connectivity index (χ4v) is 2.67. The van der Waals surface area contributed by atoms with Crippen LogP contribution in [0.1, 0.15) is 25.0 Å². The van der Waals surface area contributed by atoms with Crippen molar-refractivity contribution in [3.63, 3.8) is 0 Å². The second kappa shape index (κ2) is 12.0. The van der Waals surface area contributed by atoms with E-state index in [0.717, 1.165) is 17.7 Å². The standard InChI is InChI=1S/C23H26N4O2.HI/c1-3-17-9-12-19(13-10-17)27-23(24)26-16-18-11-14-22(25-15-18)29-21-8-6-5-7-20(21)28-4-2;/h5-15H,3-4,16H2,1-2H3,(H3,24,26,27);1H. The van der Waals surface area contributed by atoms with Crippen molar-refractivity contribution in [3.8, 4) is 17.4 Å². The van der Waals surface area contributed by atoms with Crippen LogP contribution in [0.3, 0.4) is 0 Å². The molecule has 2 aromatic carbocycles. The van der Waals surface area contributed by atoms with Gasteiger partial charge in [0.15, 0.2) is 17.5 Å². The summed E-state index contributed by atoms with van der Waals surface area (Å²) in [5.74, 6) is 2.18. The maximum atomic E-state index is 5.98. The van der Waals surface area contributed by atoms with Crippen LogP contribution < -0.4 is 20.5 Å². The van der Waals surface area contributed by atoms with E-state index in [-0.39, 0.29) is 24.0 Å². The molecule has 6 nitrogen and oxygen atoms in total. The Morgan fingerprint density at radius 2 is 1.67 bits per heavy atom. The van der Waals surface area contributed by atoms with Gasteiger partial charge in [-0.1, -0.05) is 37.3 Å². The maximum Gasteiger partial charge on any atom is 0.219 e. The molecule has 0 fully saturated rings. The number of para-hydroxylation sites is 2. The van der Waals surface area contributed by atoms with Crippen LogP contribution in [0.25, 0.3) is 0 Å². The van der Waals surface area contributed by atoms with Gasteiger partial charge in [-0.3, -0.25) is 0 Å². The van der Waals surface area contributed by atoms with E-state index < -0.39 is 0 Å². The van der Waals surface area contributed by atoms with Gasteiger partial charge in [-0.05, 0) is 48.7 Å². The quantitative estimate of drug-likeness (QED) is 0.238. The molecule has 3 aromatic rings. The number of guanidine groups is 1. The lowest BCUT2D eigenvalue weighted by atomic mass is 10.1. The Morgan fingerprint density at radius 1 is 0.967 bits per heavy atom. The van der Waals surface area contributed by atoms with Crippen molar-refractivity contribution in [2.75, 3.05) is 11.9 Å². The third-order valence-corrected chi connectivity index (χ3v) is 4.23. The second-order valence-electron chi connectivity index (χ2n) is 6.36. The highest BCUT2D eigenvalue weighted by Gasteiger charge is 2.06. The largest absolute Gasteiger partial charge is 0.490 e. The Bertz CT molecular complexity index is 944. The van der Waals surface area contributed by atoms with Gasteiger partial charge in [-0.15, -0.1) is 24.0 Å². The first kappa shape index (κ1) is 23.5. The zero-order valence-electron chi connectivity index (χ0n) is 17.2. The number of pyridine rings is 1. The van der Waals surface area contributed by atoms with Crippen molar-refractivity contribution < 1.29 is 9.47 Å². The monoisotopic (exact) mass is 518 g/mol. The number of anilines is 1. The molecule has 0 radical (unpaired) electrons. The molecule has 0 unspecified atom stereocenters. The van der Waals surface area contributed by atoms with Crippen molar-refractivity contribution in [3.05, 3.63) is 78.0 Å². The highest BCUT2D eigenvalue weighted by molar-refractivity contribution is 14.0. The third kappa shape index (κ3) is 6.91. The molecule has 0 saturated heterocycles. The molecule has 3 N–H and O–H groups in total. The minimum absolute atomic E-state index is 0. The highest BCUT2D eigenvalue weighted by Crippen LogP contribution is 2.30. The Morgan fingerprint density at radius 3 is 2.30 bits per heavy atom. The number of rotatable bonds is 8. The molecule has 158 valence electrons. The summed E-state index contributed by atoms with van der Waals surface area (Å²) in [6.07, 6.45) is 2.74. The van der Waals surface area contributed by atoms with Gasteiger partial charge in [0.2, 0.25) is 5.88 Å². The minimum atomic E-state index is 0. The van der Waals surface area contributed by atoms with Crippen molar-refractivity contribution in [2.45, 2.75) is 26.8 Å². The van der Waals surface area contributed by atoms with Crippen LogP contribution in [0.15, 0.2) is 71.9 Å². The van der Waals surface area contributed by atoms with Gasteiger partial charge in [-0.2, -0.15) is 0 Å². The molecule has 7 heteroatoms. The number of aliphatic imine (C=N–C) groups is 1. The van der Waals surface area contributed by atoms with Crippen LogP contribution in [-0.2, 0) is 13.0 Å². The molecule has 3 rings (SSSR count). The first-order valence-corrected chi connectivity index (χ1v) is 9.68. The molecule has 0 aliphatic rings. The van der Waals surface area contributed by atoms with E-state index in [0.29, 0.717) is 36.5 Å². The number of nitrogens with one attached hydrogen (secondary N) is 1. The summed E-state index contributed by atoms with van der Waals surface area (Å²) in [6.45, 7) is 5.06. The Kier molecular flexibility index (Phi) is 9.40. The molecule has 0 amide bonds. The number of aromatic nitrogens is 1. The molecule has 0 bridgehead atoms. The topological polar surface area (TPSA) is 81.8 Å². The van der Waals surface area contributed by atoms with Crippen LogP contribution in [0.5, 0.6) is 17.4 Å². The number of nitrogens with two attached hydrogens (primary N) is 1. The zero-order valence-corrected chi connectivity index (χ0v) is 19.5. The van der Waals surface area contributed by atoms with Crippen molar-refractivity contribution >= 4 is 35.6 Å². The Hall–Kier alpha value is -2.81. The van der Waals surface area contributed by atoms with E-state index in [1.54, 1.807) is 12.3 Å².